The Hall–Kier alpha value is -3.73. The summed E-state index contributed by atoms with van der Waals surface area (Å²) >= 11 is 0. The third-order valence-electron chi connectivity index (χ3n) is 6.78. The standard InChI is InChI=1S/C23H29N9O2/c1-12-8-14-15(9-13(12)2)28-17(27-14)4-5-18(33)31-7-6-16(23(3,34)10-31)32-11-26-19-20(24)29-22(25)30-21(19)32/h8-9,11,16,34H,4-7,10H2,1-3H3,(H,27,28)(H4,24,25,29,30)/t16-,23-/m1/s1. The van der Waals surface area contributed by atoms with Crippen molar-refractivity contribution in [3.05, 3.63) is 35.4 Å². The summed E-state index contributed by atoms with van der Waals surface area (Å²) in [4.78, 5) is 35.2. The van der Waals surface area contributed by atoms with Gasteiger partial charge in [-0.25, -0.2) is 9.97 Å². The summed E-state index contributed by atoms with van der Waals surface area (Å²) in [7, 11) is 0. The molecule has 1 saturated heterocycles. The van der Waals surface area contributed by atoms with Crippen LogP contribution in [0, 0.1) is 13.8 Å². The number of fused-ring (bicyclic) bond motifs is 2. The summed E-state index contributed by atoms with van der Waals surface area (Å²) in [5, 5.41) is 11.3. The predicted octanol–water partition coefficient (Wildman–Crippen LogP) is 1.64. The molecular weight excluding hydrogens is 434 g/mol. The van der Waals surface area contributed by atoms with Gasteiger partial charge in [0.2, 0.25) is 11.9 Å². The second kappa shape index (κ2) is 7.94. The summed E-state index contributed by atoms with van der Waals surface area (Å²) in [5.74, 6) is 1.02. The van der Waals surface area contributed by atoms with Crippen molar-refractivity contribution in [3.63, 3.8) is 0 Å². The molecule has 0 spiro atoms. The Bertz CT molecular complexity index is 1370. The molecule has 0 bridgehead atoms. The summed E-state index contributed by atoms with van der Waals surface area (Å²) in [6.45, 7) is 6.56. The summed E-state index contributed by atoms with van der Waals surface area (Å²) in [5.41, 5.74) is 15.7. The van der Waals surface area contributed by atoms with E-state index >= 15 is 0 Å². The Morgan fingerprint density at radius 2 is 2.00 bits per heavy atom. The molecule has 4 heterocycles. The number of carbonyl (C=O) groups excluding carboxylic acids is 1. The monoisotopic (exact) mass is 463 g/mol. The average Bonchev–Trinajstić information content (AvgIpc) is 3.35. The number of rotatable bonds is 4. The number of anilines is 2. The Balaban J connectivity index is 1.28. The van der Waals surface area contributed by atoms with Crippen LogP contribution in [0.4, 0.5) is 11.8 Å². The molecule has 2 atom stereocenters. The lowest BCUT2D eigenvalue weighted by Crippen LogP contribution is -2.54. The highest BCUT2D eigenvalue weighted by atomic mass is 16.3. The maximum absolute atomic E-state index is 13.0. The van der Waals surface area contributed by atoms with Crippen molar-refractivity contribution in [2.75, 3.05) is 24.6 Å². The molecule has 11 heteroatoms. The van der Waals surface area contributed by atoms with E-state index in [-0.39, 0.29) is 30.3 Å². The van der Waals surface area contributed by atoms with Crippen LogP contribution in [0.3, 0.4) is 0 Å². The van der Waals surface area contributed by atoms with Crippen LogP contribution in [0.2, 0.25) is 0 Å². The minimum absolute atomic E-state index is 0.0159. The molecule has 0 aliphatic carbocycles. The lowest BCUT2D eigenvalue weighted by atomic mass is 9.88. The van der Waals surface area contributed by atoms with E-state index in [4.69, 9.17) is 11.5 Å². The molecule has 0 unspecified atom stereocenters. The number of nitrogens with zero attached hydrogens (tertiary/aromatic N) is 6. The smallest absolute Gasteiger partial charge is 0.224 e. The molecule has 1 aromatic carbocycles. The quantitative estimate of drug-likeness (QED) is 0.354. The number of nitrogens with two attached hydrogens (primary N) is 2. The topological polar surface area (TPSA) is 165 Å². The van der Waals surface area contributed by atoms with Gasteiger partial charge in [-0.3, -0.25) is 4.79 Å². The molecule has 1 fully saturated rings. The maximum Gasteiger partial charge on any atom is 0.224 e. The molecule has 1 amide bonds. The maximum atomic E-state index is 13.0. The molecule has 5 rings (SSSR count). The van der Waals surface area contributed by atoms with Gasteiger partial charge in [-0.05, 0) is 50.5 Å². The van der Waals surface area contributed by atoms with E-state index in [0.717, 1.165) is 16.9 Å². The first kappa shape index (κ1) is 22.1. The molecule has 34 heavy (non-hydrogen) atoms. The Kier molecular flexibility index (Phi) is 5.16. The summed E-state index contributed by atoms with van der Waals surface area (Å²) in [6, 6.07) is 3.80. The number of aryl methyl sites for hydroxylation is 3. The highest BCUT2D eigenvalue weighted by Crippen LogP contribution is 2.34. The number of aliphatic hydroxyl groups is 1. The second-order valence-corrected chi connectivity index (χ2v) is 9.41. The van der Waals surface area contributed by atoms with E-state index < -0.39 is 5.60 Å². The van der Waals surface area contributed by atoms with Crippen LogP contribution in [0.1, 0.15) is 42.8 Å². The third-order valence-corrected chi connectivity index (χ3v) is 6.78. The number of piperidine rings is 1. The van der Waals surface area contributed by atoms with Crippen molar-refractivity contribution in [1.82, 2.24) is 34.4 Å². The van der Waals surface area contributed by atoms with Gasteiger partial charge in [0.05, 0.1) is 29.9 Å². The van der Waals surface area contributed by atoms with E-state index in [9.17, 15) is 9.90 Å². The van der Waals surface area contributed by atoms with Gasteiger partial charge in [-0.1, -0.05) is 0 Å². The van der Waals surface area contributed by atoms with Gasteiger partial charge < -0.3 is 31.0 Å². The number of amides is 1. The first-order chi connectivity index (χ1) is 16.1. The molecule has 1 aliphatic rings. The number of carbonyl (C=O) groups is 1. The van der Waals surface area contributed by atoms with Gasteiger partial charge in [-0.15, -0.1) is 0 Å². The van der Waals surface area contributed by atoms with Crippen molar-refractivity contribution in [1.29, 1.82) is 0 Å². The minimum atomic E-state index is -1.19. The number of aromatic amines is 1. The number of hydrogen-bond acceptors (Lipinski definition) is 8. The SMILES string of the molecule is Cc1cc2nc(CCC(=O)N3CC[C@@H](n4cnc5c(N)nc(N)nc54)[C@](C)(O)C3)[nH]c2cc1C. The molecule has 1 aliphatic heterocycles. The predicted molar refractivity (Wildman–Crippen MR) is 129 cm³/mol. The van der Waals surface area contributed by atoms with Gasteiger partial charge in [0.1, 0.15) is 16.9 Å². The Morgan fingerprint density at radius 1 is 1.24 bits per heavy atom. The number of benzene rings is 1. The summed E-state index contributed by atoms with van der Waals surface area (Å²) < 4.78 is 1.78. The van der Waals surface area contributed by atoms with Gasteiger partial charge in [-0.2, -0.15) is 9.97 Å². The van der Waals surface area contributed by atoms with E-state index in [1.165, 1.54) is 11.1 Å². The number of aromatic nitrogens is 6. The van der Waals surface area contributed by atoms with Gasteiger partial charge >= 0.3 is 0 Å². The van der Waals surface area contributed by atoms with Crippen molar-refractivity contribution < 1.29 is 9.90 Å². The zero-order valence-corrected chi connectivity index (χ0v) is 19.5. The molecule has 0 saturated carbocycles. The van der Waals surface area contributed by atoms with Crippen molar-refractivity contribution in [2.45, 2.75) is 51.7 Å². The van der Waals surface area contributed by atoms with Crippen LogP contribution in [0.25, 0.3) is 22.2 Å². The molecule has 0 radical (unpaired) electrons. The fourth-order valence-electron chi connectivity index (χ4n) is 4.82. The van der Waals surface area contributed by atoms with Crippen molar-refractivity contribution >= 4 is 39.9 Å². The van der Waals surface area contributed by atoms with Crippen molar-refractivity contribution in [3.8, 4) is 0 Å². The lowest BCUT2D eigenvalue weighted by molar-refractivity contribution is -0.140. The fourth-order valence-corrected chi connectivity index (χ4v) is 4.82. The molecule has 3 aromatic heterocycles. The fraction of sp³-hybridized carbons (Fsp3) is 0.435. The molecule has 11 nitrogen and oxygen atoms in total. The van der Waals surface area contributed by atoms with Crippen LogP contribution >= 0.6 is 0 Å². The number of nitrogen functional groups attached to an aromatic ring is 2. The Morgan fingerprint density at radius 3 is 2.76 bits per heavy atom. The van der Waals surface area contributed by atoms with Crippen LogP contribution in [0.5, 0.6) is 0 Å². The zero-order valence-electron chi connectivity index (χ0n) is 19.5. The van der Waals surface area contributed by atoms with Gasteiger partial charge in [0, 0.05) is 19.4 Å². The third kappa shape index (κ3) is 3.81. The first-order valence-electron chi connectivity index (χ1n) is 11.3. The molecule has 4 aromatic rings. The largest absolute Gasteiger partial charge is 0.386 e. The van der Waals surface area contributed by atoms with Crippen LogP contribution in [-0.4, -0.2) is 64.1 Å². The second-order valence-electron chi connectivity index (χ2n) is 9.41. The molecule has 6 N–H and O–H groups in total. The van der Waals surface area contributed by atoms with E-state index in [0.29, 0.717) is 37.0 Å². The number of nitrogens with one attached hydrogen (secondary N) is 1. The van der Waals surface area contributed by atoms with Crippen molar-refractivity contribution in [2.24, 2.45) is 0 Å². The van der Waals surface area contributed by atoms with E-state index in [2.05, 4.69) is 50.9 Å². The number of H-pyrrole nitrogens is 1. The van der Waals surface area contributed by atoms with Crippen LogP contribution < -0.4 is 11.5 Å². The normalized spacial score (nSPS) is 20.9. The first-order valence-corrected chi connectivity index (χ1v) is 11.3. The molecular formula is C23H29N9O2. The Labute approximate surface area is 196 Å². The zero-order chi connectivity index (χ0) is 24.2. The lowest BCUT2D eigenvalue weighted by Gasteiger charge is -2.43. The number of hydrogen-bond donors (Lipinski definition) is 4. The number of imidazole rings is 2. The van der Waals surface area contributed by atoms with Crippen LogP contribution in [0.15, 0.2) is 18.5 Å². The van der Waals surface area contributed by atoms with E-state index in [1.54, 1.807) is 22.7 Å². The number of likely N-dealkylation sites (tertiary alicyclic amines) is 1. The minimum Gasteiger partial charge on any atom is -0.386 e. The van der Waals surface area contributed by atoms with E-state index in [1.807, 2.05) is 0 Å². The van der Waals surface area contributed by atoms with Gasteiger partial charge in [0.25, 0.3) is 0 Å². The average molecular weight is 464 g/mol. The number of β-amino-alcohol motifs (C(OH)–C–C–N with tert-alkyl or cyclic N) is 1. The highest BCUT2D eigenvalue weighted by molar-refractivity contribution is 5.83. The van der Waals surface area contributed by atoms with Crippen LogP contribution in [-0.2, 0) is 11.2 Å². The summed E-state index contributed by atoms with van der Waals surface area (Å²) in [6.07, 6.45) is 2.95. The van der Waals surface area contributed by atoms with Gasteiger partial charge in [0.15, 0.2) is 11.5 Å². The highest BCUT2D eigenvalue weighted by Gasteiger charge is 2.41. The molecule has 178 valence electrons.